The molecule has 21 heavy (non-hydrogen) atoms. The van der Waals surface area contributed by atoms with Gasteiger partial charge in [0, 0.05) is 0 Å². The molecule has 0 aliphatic carbocycles. The maximum absolute atomic E-state index is 11.7. The smallest absolute Gasteiger partial charge is 0.260 e. The van der Waals surface area contributed by atoms with Crippen LogP contribution in [0.1, 0.15) is 10.4 Å². The molecule has 0 bridgehead atoms. The van der Waals surface area contributed by atoms with Crippen LogP contribution in [-0.4, -0.2) is 16.6 Å². The highest BCUT2D eigenvalue weighted by Gasteiger charge is 2.07. The first kappa shape index (κ1) is 13.8. The van der Waals surface area contributed by atoms with Gasteiger partial charge >= 0.3 is 0 Å². The van der Waals surface area contributed by atoms with E-state index in [1.54, 1.807) is 24.3 Å². The van der Waals surface area contributed by atoms with Gasteiger partial charge in [0.2, 0.25) is 5.71 Å². The molecule has 2 N–H and O–H groups in total. The minimum absolute atomic E-state index is 0.299. The molecule has 0 radical (unpaired) electrons. The summed E-state index contributed by atoms with van der Waals surface area (Å²) in [6.07, 6.45) is 4.13. The first-order valence-electron chi connectivity index (χ1n) is 5.66. The highest BCUT2D eigenvalue weighted by Crippen LogP contribution is 2.11. The van der Waals surface area contributed by atoms with Gasteiger partial charge in [-0.25, -0.2) is 4.98 Å². The second-order valence-corrected chi connectivity index (χ2v) is 3.69. The Hall–Kier alpha value is -3.65. The van der Waals surface area contributed by atoms with Gasteiger partial charge in [0.05, 0.1) is 23.7 Å². The van der Waals surface area contributed by atoms with Gasteiger partial charge in [-0.15, -0.1) is 0 Å². The van der Waals surface area contributed by atoms with Crippen molar-refractivity contribution in [1.82, 2.24) is 4.98 Å². The van der Waals surface area contributed by atoms with E-state index in [-0.39, 0.29) is 11.6 Å². The van der Waals surface area contributed by atoms with Crippen molar-refractivity contribution in [3.05, 3.63) is 42.5 Å². The van der Waals surface area contributed by atoms with Crippen LogP contribution in [-0.2, 0) is 0 Å². The topological polar surface area (TPSA) is 127 Å². The van der Waals surface area contributed by atoms with E-state index in [0.29, 0.717) is 17.1 Å². The molecule has 0 spiro atoms. The fourth-order valence-electron chi connectivity index (χ4n) is 1.31. The van der Waals surface area contributed by atoms with Crippen LogP contribution in [0.25, 0.3) is 0 Å². The maximum atomic E-state index is 11.7. The van der Waals surface area contributed by atoms with E-state index < -0.39 is 0 Å². The normalized spacial score (nSPS) is 9.05. The number of anilines is 2. The van der Waals surface area contributed by atoms with Crippen molar-refractivity contribution in [2.75, 3.05) is 10.7 Å². The number of hydrazone groups is 1. The number of furan rings is 1. The summed E-state index contributed by atoms with van der Waals surface area (Å²) in [5.41, 5.74) is 3.07. The van der Waals surface area contributed by atoms with Crippen LogP contribution >= 0.6 is 0 Å². The van der Waals surface area contributed by atoms with Crippen molar-refractivity contribution in [3.63, 3.8) is 0 Å². The molecule has 1 amide bonds. The second kappa shape index (κ2) is 6.50. The molecule has 0 atom stereocenters. The lowest BCUT2D eigenvalue weighted by Crippen LogP contribution is -2.11. The molecule has 0 unspecified atom stereocenters. The molecular formula is C13H8N6O2. The maximum Gasteiger partial charge on any atom is 0.260 e. The van der Waals surface area contributed by atoms with Crippen LogP contribution in [0, 0.1) is 22.7 Å². The van der Waals surface area contributed by atoms with Gasteiger partial charge in [0.25, 0.3) is 5.91 Å². The summed E-state index contributed by atoms with van der Waals surface area (Å²) in [6, 6.07) is 7.90. The number of nitrogens with one attached hydrogen (secondary N) is 2. The average molecular weight is 280 g/mol. The summed E-state index contributed by atoms with van der Waals surface area (Å²) in [6.45, 7) is 0. The molecular weight excluding hydrogens is 272 g/mol. The Kier molecular flexibility index (Phi) is 4.26. The van der Waals surface area contributed by atoms with Crippen molar-refractivity contribution in [2.45, 2.75) is 0 Å². The van der Waals surface area contributed by atoms with Crippen molar-refractivity contribution < 1.29 is 9.21 Å². The predicted octanol–water partition coefficient (Wildman–Crippen LogP) is 1.74. The first-order valence-corrected chi connectivity index (χ1v) is 5.66. The molecule has 2 rings (SSSR count). The fraction of sp³-hybridized carbons (Fsp3) is 0. The van der Waals surface area contributed by atoms with E-state index in [9.17, 15) is 4.79 Å². The Morgan fingerprint density at radius 3 is 2.67 bits per heavy atom. The van der Waals surface area contributed by atoms with Gasteiger partial charge in [0.1, 0.15) is 24.2 Å². The monoisotopic (exact) mass is 280 g/mol. The quantitative estimate of drug-likeness (QED) is 0.648. The lowest BCUT2D eigenvalue weighted by Gasteiger charge is -2.04. The molecule has 8 heteroatoms. The number of aromatic nitrogens is 1. The third kappa shape index (κ3) is 3.66. The van der Waals surface area contributed by atoms with E-state index in [4.69, 9.17) is 14.9 Å². The minimum Gasteiger partial charge on any atom is -0.472 e. The Morgan fingerprint density at radius 1 is 1.29 bits per heavy atom. The van der Waals surface area contributed by atoms with E-state index in [1.807, 2.05) is 0 Å². The summed E-state index contributed by atoms with van der Waals surface area (Å²) in [5, 5.41) is 23.2. The third-order valence-electron chi connectivity index (χ3n) is 2.30. The van der Waals surface area contributed by atoms with Gasteiger partial charge in [-0.1, -0.05) is 0 Å². The number of hydrogen-bond acceptors (Lipinski definition) is 7. The average Bonchev–Trinajstić information content (AvgIpc) is 3.04. The summed E-state index contributed by atoms with van der Waals surface area (Å²) in [5.74, 6) is 0.00254. The van der Waals surface area contributed by atoms with Crippen LogP contribution in [0.3, 0.4) is 0 Å². The van der Waals surface area contributed by atoms with Gasteiger partial charge in [-0.05, 0) is 18.2 Å². The fourth-order valence-corrected chi connectivity index (χ4v) is 1.31. The summed E-state index contributed by atoms with van der Waals surface area (Å²) < 4.78 is 4.81. The van der Waals surface area contributed by atoms with Crippen LogP contribution in [0.15, 0.2) is 46.4 Å². The Bertz CT molecular complexity index is 718. The number of nitrogens with zero attached hydrogens (tertiary/aromatic N) is 4. The number of hydrogen-bond donors (Lipinski definition) is 2. The van der Waals surface area contributed by atoms with E-state index in [0.717, 1.165) is 0 Å². The molecule has 2 aromatic rings. The van der Waals surface area contributed by atoms with Gasteiger partial charge in [-0.2, -0.15) is 15.6 Å². The number of carbonyl (C=O) groups excluding carboxylic acids is 1. The highest BCUT2D eigenvalue weighted by atomic mass is 16.3. The minimum atomic E-state index is -0.341. The van der Waals surface area contributed by atoms with Crippen molar-refractivity contribution in [2.24, 2.45) is 5.10 Å². The molecule has 102 valence electrons. The zero-order valence-electron chi connectivity index (χ0n) is 10.6. The number of amides is 1. The zero-order valence-corrected chi connectivity index (χ0v) is 10.6. The van der Waals surface area contributed by atoms with Crippen molar-refractivity contribution in [3.8, 4) is 12.1 Å². The van der Waals surface area contributed by atoms with Crippen molar-refractivity contribution in [1.29, 1.82) is 10.5 Å². The SMILES string of the molecule is N#CC(C#N)=NNc1ccc(NC(=O)c2ccoc2)nc1. The van der Waals surface area contributed by atoms with E-state index in [1.165, 1.54) is 24.8 Å². The second-order valence-electron chi connectivity index (χ2n) is 3.69. The van der Waals surface area contributed by atoms with Crippen LogP contribution in [0.2, 0.25) is 0 Å². The van der Waals surface area contributed by atoms with Crippen molar-refractivity contribution >= 4 is 23.1 Å². The molecule has 0 aromatic carbocycles. The molecule has 0 saturated heterocycles. The largest absolute Gasteiger partial charge is 0.472 e. The van der Waals surface area contributed by atoms with Crippen LogP contribution in [0.5, 0.6) is 0 Å². The Labute approximate surface area is 119 Å². The molecule has 2 aromatic heterocycles. The molecule has 0 aliphatic rings. The summed E-state index contributed by atoms with van der Waals surface area (Å²) >= 11 is 0. The van der Waals surface area contributed by atoms with Crippen LogP contribution < -0.4 is 10.7 Å². The number of rotatable bonds is 4. The zero-order chi connectivity index (χ0) is 15.1. The molecule has 0 fully saturated rings. The first-order chi connectivity index (χ1) is 10.2. The number of pyridine rings is 1. The Balaban J connectivity index is 2.00. The standard InChI is InChI=1S/C13H8N6O2/c14-5-11(6-15)19-18-10-1-2-12(16-7-10)17-13(20)9-3-4-21-8-9/h1-4,7-8,18H,(H,16,17,20). The van der Waals surface area contributed by atoms with Crippen LogP contribution in [0.4, 0.5) is 11.5 Å². The predicted molar refractivity (Wildman–Crippen MR) is 73.2 cm³/mol. The number of carbonyl (C=O) groups is 1. The van der Waals surface area contributed by atoms with E-state index >= 15 is 0 Å². The number of nitriles is 2. The lowest BCUT2D eigenvalue weighted by atomic mass is 10.3. The van der Waals surface area contributed by atoms with E-state index in [2.05, 4.69) is 20.8 Å². The summed E-state index contributed by atoms with van der Waals surface area (Å²) in [4.78, 5) is 15.7. The Morgan fingerprint density at radius 2 is 2.10 bits per heavy atom. The molecule has 0 saturated carbocycles. The molecule has 8 nitrogen and oxygen atoms in total. The van der Waals surface area contributed by atoms with Gasteiger partial charge in [0.15, 0.2) is 0 Å². The van der Waals surface area contributed by atoms with Gasteiger partial charge < -0.3 is 9.73 Å². The third-order valence-corrected chi connectivity index (χ3v) is 2.30. The summed E-state index contributed by atoms with van der Waals surface area (Å²) in [7, 11) is 0. The lowest BCUT2D eigenvalue weighted by molar-refractivity contribution is 0.102. The highest BCUT2D eigenvalue weighted by molar-refractivity contribution is 6.10. The molecule has 2 heterocycles. The van der Waals surface area contributed by atoms with Gasteiger partial charge in [-0.3, -0.25) is 10.2 Å². The molecule has 0 aliphatic heterocycles.